The van der Waals surface area contributed by atoms with Crippen LogP contribution in [0.1, 0.15) is 11.1 Å². The van der Waals surface area contributed by atoms with Gasteiger partial charge >= 0.3 is 0 Å². The quantitative estimate of drug-likeness (QED) is 0.562. The van der Waals surface area contributed by atoms with Crippen LogP contribution in [0, 0.1) is 10.1 Å². The number of benzene rings is 1. The number of carbonyl (C=O) groups is 1. The van der Waals surface area contributed by atoms with Gasteiger partial charge in [0.15, 0.2) is 0 Å². The molecule has 17 heavy (non-hydrogen) atoms. The number of rotatable bonds is 2. The maximum Gasteiger partial charge on any atom is 0.269 e. The molecule has 1 aromatic carbocycles. The molecule has 1 aliphatic rings. The third kappa shape index (κ3) is 1.87. The maximum absolute atomic E-state index is 11.7. The zero-order chi connectivity index (χ0) is 12.6. The van der Waals surface area contributed by atoms with Gasteiger partial charge in [-0.05, 0) is 17.5 Å². The zero-order valence-electron chi connectivity index (χ0n) is 9.40. The van der Waals surface area contributed by atoms with Gasteiger partial charge in [-0.2, -0.15) is 0 Å². The third-order valence-corrected chi connectivity index (χ3v) is 3.09. The smallest absolute Gasteiger partial charge is 0.269 e. The first-order valence-electron chi connectivity index (χ1n) is 5.23. The van der Waals surface area contributed by atoms with Crippen LogP contribution in [0.4, 0.5) is 5.69 Å². The molecule has 0 bridgehead atoms. The third-order valence-electron chi connectivity index (χ3n) is 3.09. The van der Waals surface area contributed by atoms with Gasteiger partial charge in [0.25, 0.3) is 5.69 Å². The van der Waals surface area contributed by atoms with Gasteiger partial charge in [-0.3, -0.25) is 14.9 Å². The Balaban J connectivity index is 2.34. The SMILES string of the molecule is CNC(=O)C1(N)Cc2ccc([N+](=O)[O-])cc2C1. The number of non-ortho nitro benzene ring substituents is 1. The van der Waals surface area contributed by atoms with Crippen LogP contribution in [0.3, 0.4) is 0 Å². The minimum absolute atomic E-state index is 0.0323. The topological polar surface area (TPSA) is 98.3 Å². The molecule has 0 saturated heterocycles. The average Bonchev–Trinajstić information content (AvgIpc) is 2.64. The Hall–Kier alpha value is -1.95. The molecule has 1 unspecified atom stereocenters. The van der Waals surface area contributed by atoms with E-state index in [1.54, 1.807) is 6.07 Å². The fourth-order valence-electron chi connectivity index (χ4n) is 2.21. The Labute approximate surface area is 98.0 Å². The molecule has 0 aliphatic heterocycles. The number of fused-ring (bicyclic) bond motifs is 1. The number of nitrogens with zero attached hydrogens (tertiary/aromatic N) is 1. The van der Waals surface area contributed by atoms with E-state index in [-0.39, 0.29) is 11.6 Å². The molecule has 0 aromatic heterocycles. The first kappa shape index (κ1) is 11.5. The average molecular weight is 235 g/mol. The van der Waals surface area contributed by atoms with Gasteiger partial charge in [0, 0.05) is 25.6 Å². The van der Waals surface area contributed by atoms with E-state index in [9.17, 15) is 14.9 Å². The number of nitrogens with two attached hydrogens (primary N) is 1. The molecular formula is C11H13N3O3. The summed E-state index contributed by atoms with van der Waals surface area (Å²) >= 11 is 0. The molecule has 6 nitrogen and oxygen atoms in total. The van der Waals surface area contributed by atoms with Crippen molar-refractivity contribution >= 4 is 11.6 Å². The Bertz CT molecular complexity index is 501. The number of hydrogen-bond donors (Lipinski definition) is 2. The van der Waals surface area contributed by atoms with Crippen LogP contribution in [-0.4, -0.2) is 23.4 Å². The summed E-state index contributed by atoms with van der Waals surface area (Å²) in [4.78, 5) is 21.9. The highest BCUT2D eigenvalue weighted by atomic mass is 16.6. The highest BCUT2D eigenvalue weighted by molar-refractivity contribution is 5.87. The van der Waals surface area contributed by atoms with Crippen molar-refractivity contribution in [3.63, 3.8) is 0 Å². The van der Waals surface area contributed by atoms with Crippen molar-refractivity contribution in [1.82, 2.24) is 5.32 Å². The predicted octanol–water partition coefficient (Wildman–Crippen LogP) is 0.137. The van der Waals surface area contributed by atoms with E-state index < -0.39 is 10.5 Å². The number of nitro groups is 1. The molecule has 0 saturated carbocycles. The van der Waals surface area contributed by atoms with Crippen molar-refractivity contribution in [2.45, 2.75) is 18.4 Å². The summed E-state index contributed by atoms with van der Waals surface area (Å²) in [7, 11) is 1.53. The van der Waals surface area contributed by atoms with Gasteiger partial charge in [0.1, 0.15) is 5.54 Å². The molecule has 0 radical (unpaired) electrons. The molecular weight excluding hydrogens is 222 g/mol. The van der Waals surface area contributed by atoms with Crippen molar-refractivity contribution in [2.75, 3.05) is 7.05 Å². The summed E-state index contributed by atoms with van der Waals surface area (Å²) in [5, 5.41) is 13.2. The van der Waals surface area contributed by atoms with E-state index in [4.69, 9.17) is 5.73 Å². The van der Waals surface area contributed by atoms with E-state index >= 15 is 0 Å². The van der Waals surface area contributed by atoms with Gasteiger partial charge in [-0.1, -0.05) is 6.07 Å². The summed E-state index contributed by atoms with van der Waals surface area (Å²) in [5.74, 6) is -0.239. The molecule has 6 heteroatoms. The lowest BCUT2D eigenvalue weighted by molar-refractivity contribution is -0.384. The fraction of sp³-hybridized carbons (Fsp3) is 0.364. The highest BCUT2D eigenvalue weighted by Gasteiger charge is 2.40. The number of amides is 1. The van der Waals surface area contributed by atoms with Crippen LogP contribution in [0.15, 0.2) is 18.2 Å². The molecule has 1 atom stereocenters. The molecule has 1 aromatic rings. The van der Waals surface area contributed by atoms with E-state index in [1.165, 1.54) is 19.2 Å². The lowest BCUT2D eigenvalue weighted by Gasteiger charge is -2.20. The molecule has 0 heterocycles. The normalized spacial score (nSPS) is 22.0. The standard InChI is InChI=1S/C11H13N3O3/c1-13-10(15)11(12)5-7-2-3-9(14(16)17)4-8(7)6-11/h2-4H,5-6,12H2,1H3,(H,13,15). The zero-order valence-corrected chi connectivity index (χ0v) is 9.40. The van der Waals surface area contributed by atoms with E-state index in [1.807, 2.05) is 0 Å². The number of likely N-dealkylation sites (N-methyl/N-ethyl adjacent to an activating group) is 1. The molecule has 0 fully saturated rings. The fourth-order valence-corrected chi connectivity index (χ4v) is 2.21. The molecule has 0 spiro atoms. The van der Waals surface area contributed by atoms with Crippen LogP contribution >= 0.6 is 0 Å². The lowest BCUT2D eigenvalue weighted by atomic mass is 9.96. The Kier molecular flexibility index (Phi) is 2.59. The molecule has 90 valence electrons. The van der Waals surface area contributed by atoms with Crippen molar-refractivity contribution in [3.05, 3.63) is 39.4 Å². The number of nitro benzene ring substituents is 1. The second kappa shape index (κ2) is 3.81. The predicted molar refractivity (Wildman–Crippen MR) is 61.5 cm³/mol. The second-order valence-electron chi connectivity index (χ2n) is 4.30. The first-order valence-corrected chi connectivity index (χ1v) is 5.23. The molecule has 1 aliphatic carbocycles. The van der Waals surface area contributed by atoms with Crippen LogP contribution in [-0.2, 0) is 17.6 Å². The van der Waals surface area contributed by atoms with Gasteiger partial charge in [0.05, 0.1) is 4.92 Å². The van der Waals surface area contributed by atoms with Gasteiger partial charge in [-0.15, -0.1) is 0 Å². The van der Waals surface area contributed by atoms with Crippen LogP contribution in [0.5, 0.6) is 0 Å². The highest BCUT2D eigenvalue weighted by Crippen LogP contribution is 2.31. The van der Waals surface area contributed by atoms with Gasteiger partial charge < -0.3 is 11.1 Å². The molecule has 2 rings (SSSR count). The first-order chi connectivity index (χ1) is 7.96. The van der Waals surface area contributed by atoms with E-state index in [0.29, 0.717) is 12.8 Å². The minimum atomic E-state index is -0.980. The van der Waals surface area contributed by atoms with Crippen molar-refractivity contribution in [3.8, 4) is 0 Å². The Morgan fingerprint density at radius 2 is 2.12 bits per heavy atom. The van der Waals surface area contributed by atoms with Crippen LogP contribution in [0.2, 0.25) is 0 Å². The molecule has 3 N–H and O–H groups in total. The number of carbonyl (C=O) groups excluding carboxylic acids is 1. The largest absolute Gasteiger partial charge is 0.358 e. The van der Waals surface area contributed by atoms with Crippen LogP contribution in [0.25, 0.3) is 0 Å². The number of nitrogens with one attached hydrogen (secondary N) is 1. The van der Waals surface area contributed by atoms with Gasteiger partial charge in [-0.25, -0.2) is 0 Å². The number of hydrogen-bond acceptors (Lipinski definition) is 4. The van der Waals surface area contributed by atoms with Crippen molar-refractivity contribution < 1.29 is 9.72 Å². The summed E-state index contributed by atoms with van der Waals surface area (Å²) in [6.07, 6.45) is 0.754. The lowest BCUT2D eigenvalue weighted by Crippen LogP contribution is -2.53. The second-order valence-corrected chi connectivity index (χ2v) is 4.30. The van der Waals surface area contributed by atoms with Crippen LogP contribution < -0.4 is 11.1 Å². The summed E-state index contributed by atoms with van der Waals surface area (Å²) in [6.45, 7) is 0. The van der Waals surface area contributed by atoms with E-state index in [0.717, 1.165) is 11.1 Å². The Morgan fingerprint density at radius 3 is 2.71 bits per heavy atom. The summed E-state index contributed by atoms with van der Waals surface area (Å²) in [5.41, 5.74) is 6.75. The maximum atomic E-state index is 11.7. The van der Waals surface area contributed by atoms with Crippen molar-refractivity contribution in [1.29, 1.82) is 0 Å². The van der Waals surface area contributed by atoms with E-state index in [2.05, 4.69) is 5.32 Å². The molecule has 1 amide bonds. The van der Waals surface area contributed by atoms with Crippen molar-refractivity contribution in [2.24, 2.45) is 5.73 Å². The summed E-state index contributed by atoms with van der Waals surface area (Å²) < 4.78 is 0. The monoisotopic (exact) mass is 235 g/mol. The summed E-state index contributed by atoms with van der Waals surface area (Å²) in [6, 6.07) is 4.60. The van der Waals surface area contributed by atoms with Gasteiger partial charge in [0.2, 0.25) is 5.91 Å². The minimum Gasteiger partial charge on any atom is -0.358 e. The Morgan fingerprint density at radius 1 is 1.47 bits per heavy atom.